The molecule has 0 aromatic carbocycles. The zero-order valence-corrected chi connectivity index (χ0v) is 6.67. The summed E-state index contributed by atoms with van der Waals surface area (Å²) in [6, 6.07) is 0.197. The Morgan fingerprint density at radius 1 is 1.50 bits per heavy atom. The van der Waals surface area contributed by atoms with Gasteiger partial charge in [-0.1, -0.05) is 38.2 Å². The summed E-state index contributed by atoms with van der Waals surface area (Å²) in [7, 11) is 0. The van der Waals surface area contributed by atoms with Gasteiger partial charge in [0.2, 0.25) is 0 Å². The first kappa shape index (κ1) is 7.55. The number of allylic oxidation sites excluding steroid dienone is 2. The maximum absolute atomic E-state index is 5.89. The van der Waals surface area contributed by atoms with E-state index in [1.807, 2.05) is 6.08 Å². The average molecular weight is 137 g/mol. The number of rotatable bonds is 1. The Bertz CT molecular complexity index is 170. The quantitative estimate of drug-likeness (QED) is 0.586. The molecule has 0 bridgehead atoms. The molecular formula is C9H15N. The van der Waals surface area contributed by atoms with Gasteiger partial charge in [-0.3, -0.25) is 0 Å². The van der Waals surface area contributed by atoms with Crippen LogP contribution in [0.4, 0.5) is 0 Å². The van der Waals surface area contributed by atoms with E-state index in [-0.39, 0.29) is 11.5 Å². The highest BCUT2D eigenvalue weighted by Crippen LogP contribution is 2.29. The van der Waals surface area contributed by atoms with Crippen molar-refractivity contribution in [1.29, 1.82) is 0 Å². The molecule has 0 fully saturated rings. The molecule has 0 heterocycles. The monoisotopic (exact) mass is 137 g/mol. The SMILES string of the molecule is CCC1(C)C=CC=CC1N. The highest BCUT2D eigenvalue weighted by Gasteiger charge is 2.25. The van der Waals surface area contributed by atoms with Gasteiger partial charge in [-0.15, -0.1) is 0 Å². The van der Waals surface area contributed by atoms with Crippen LogP contribution in [0, 0.1) is 5.41 Å². The van der Waals surface area contributed by atoms with E-state index in [0.29, 0.717) is 0 Å². The molecule has 0 saturated heterocycles. The van der Waals surface area contributed by atoms with Gasteiger partial charge in [-0.2, -0.15) is 0 Å². The van der Waals surface area contributed by atoms with Crippen LogP contribution in [0.5, 0.6) is 0 Å². The molecule has 2 N–H and O–H groups in total. The molecule has 0 saturated carbocycles. The minimum atomic E-state index is 0.189. The third-order valence-corrected chi connectivity index (χ3v) is 2.43. The molecule has 0 aromatic rings. The Kier molecular flexibility index (Phi) is 1.95. The standard InChI is InChI=1S/C9H15N/c1-3-9(2)7-5-4-6-8(9)10/h4-8H,3,10H2,1-2H3. The van der Waals surface area contributed by atoms with Crippen LogP contribution in [0.3, 0.4) is 0 Å². The minimum Gasteiger partial charge on any atom is -0.324 e. The van der Waals surface area contributed by atoms with Gasteiger partial charge in [0.1, 0.15) is 0 Å². The van der Waals surface area contributed by atoms with Crippen LogP contribution in [-0.2, 0) is 0 Å². The van der Waals surface area contributed by atoms with Crippen LogP contribution in [-0.4, -0.2) is 6.04 Å². The maximum atomic E-state index is 5.89. The van der Waals surface area contributed by atoms with Crippen molar-refractivity contribution < 1.29 is 0 Å². The largest absolute Gasteiger partial charge is 0.324 e. The molecule has 1 heteroatoms. The van der Waals surface area contributed by atoms with Crippen LogP contribution < -0.4 is 5.73 Å². The second kappa shape index (κ2) is 2.59. The fraction of sp³-hybridized carbons (Fsp3) is 0.556. The van der Waals surface area contributed by atoms with Crippen molar-refractivity contribution >= 4 is 0 Å². The fourth-order valence-corrected chi connectivity index (χ4v) is 1.14. The van der Waals surface area contributed by atoms with Gasteiger partial charge >= 0.3 is 0 Å². The van der Waals surface area contributed by atoms with Crippen LogP contribution in [0.1, 0.15) is 20.3 Å². The van der Waals surface area contributed by atoms with Crippen molar-refractivity contribution in [2.75, 3.05) is 0 Å². The van der Waals surface area contributed by atoms with Crippen LogP contribution in [0.2, 0.25) is 0 Å². The molecule has 1 nitrogen and oxygen atoms in total. The molecule has 56 valence electrons. The normalized spacial score (nSPS) is 38.5. The summed E-state index contributed by atoms with van der Waals surface area (Å²) in [6.07, 6.45) is 9.45. The van der Waals surface area contributed by atoms with E-state index in [1.54, 1.807) is 0 Å². The highest BCUT2D eigenvalue weighted by atomic mass is 14.7. The lowest BCUT2D eigenvalue weighted by molar-refractivity contribution is 0.362. The summed E-state index contributed by atoms with van der Waals surface area (Å²) >= 11 is 0. The number of hydrogen-bond donors (Lipinski definition) is 1. The molecule has 10 heavy (non-hydrogen) atoms. The predicted molar refractivity (Wildman–Crippen MR) is 44.7 cm³/mol. The lowest BCUT2D eigenvalue weighted by Gasteiger charge is -2.31. The number of nitrogens with two attached hydrogens (primary N) is 1. The minimum absolute atomic E-state index is 0.189. The molecule has 0 radical (unpaired) electrons. The van der Waals surface area contributed by atoms with Crippen molar-refractivity contribution in [3.8, 4) is 0 Å². The van der Waals surface area contributed by atoms with Gasteiger partial charge in [-0.25, -0.2) is 0 Å². The third kappa shape index (κ3) is 1.14. The Labute approximate surface area is 62.6 Å². The molecule has 0 aromatic heterocycles. The molecule has 0 aliphatic heterocycles. The van der Waals surface area contributed by atoms with Crippen molar-refractivity contribution in [3.05, 3.63) is 24.3 Å². The van der Waals surface area contributed by atoms with Gasteiger partial charge in [0, 0.05) is 11.5 Å². The van der Waals surface area contributed by atoms with E-state index in [4.69, 9.17) is 5.73 Å². The van der Waals surface area contributed by atoms with Crippen LogP contribution >= 0.6 is 0 Å². The first-order valence-electron chi connectivity index (χ1n) is 3.80. The maximum Gasteiger partial charge on any atom is 0.0316 e. The smallest absolute Gasteiger partial charge is 0.0316 e. The van der Waals surface area contributed by atoms with Crippen LogP contribution in [0.15, 0.2) is 24.3 Å². The lowest BCUT2D eigenvalue weighted by Crippen LogP contribution is -2.37. The molecule has 2 atom stereocenters. The average Bonchev–Trinajstić information content (AvgIpc) is 1.96. The van der Waals surface area contributed by atoms with E-state index < -0.39 is 0 Å². The molecule has 1 rings (SSSR count). The molecular weight excluding hydrogens is 122 g/mol. The molecule has 0 spiro atoms. The van der Waals surface area contributed by atoms with Crippen molar-refractivity contribution in [2.45, 2.75) is 26.3 Å². The first-order valence-corrected chi connectivity index (χ1v) is 3.80. The second-order valence-corrected chi connectivity index (χ2v) is 3.13. The molecule has 1 aliphatic rings. The molecule has 1 aliphatic carbocycles. The van der Waals surface area contributed by atoms with Crippen molar-refractivity contribution in [1.82, 2.24) is 0 Å². The Morgan fingerprint density at radius 2 is 2.20 bits per heavy atom. The molecule has 2 unspecified atom stereocenters. The second-order valence-electron chi connectivity index (χ2n) is 3.13. The van der Waals surface area contributed by atoms with Gasteiger partial charge in [-0.05, 0) is 6.42 Å². The van der Waals surface area contributed by atoms with Gasteiger partial charge in [0.25, 0.3) is 0 Å². The summed E-state index contributed by atoms with van der Waals surface area (Å²) < 4.78 is 0. The summed E-state index contributed by atoms with van der Waals surface area (Å²) in [5.41, 5.74) is 6.07. The fourth-order valence-electron chi connectivity index (χ4n) is 1.14. The van der Waals surface area contributed by atoms with Crippen LogP contribution in [0.25, 0.3) is 0 Å². The van der Waals surface area contributed by atoms with Gasteiger partial charge < -0.3 is 5.73 Å². The van der Waals surface area contributed by atoms with E-state index in [9.17, 15) is 0 Å². The van der Waals surface area contributed by atoms with E-state index >= 15 is 0 Å². The summed E-state index contributed by atoms with van der Waals surface area (Å²) in [5.74, 6) is 0. The van der Waals surface area contributed by atoms with E-state index in [0.717, 1.165) is 6.42 Å². The first-order chi connectivity index (χ1) is 4.69. The highest BCUT2D eigenvalue weighted by molar-refractivity contribution is 5.20. The Hall–Kier alpha value is -0.560. The lowest BCUT2D eigenvalue weighted by atomic mass is 9.78. The Balaban J connectivity index is 2.77. The zero-order chi connectivity index (χ0) is 7.61. The number of hydrogen-bond acceptors (Lipinski definition) is 1. The zero-order valence-electron chi connectivity index (χ0n) is 6.67. The Morgan fingerprint density at radius 3 is 2.60 bits per heavy atom. The van der Waals surface area contributed by atoms with Gasteiger partial charge in [0.15, 0.2) is 0 Å². The van der Waals surface area contributed by atoms with Crippen molar-refractivity contribution in [3.63, 3.8) is 0 Å². The van der Waals surface area contributed by atoms with E-state index in [2.05, 4.69) is 32.1 Å². The molecule has 0 amide bonds. The van der Waals surface area contributed by atoms with E-state index in [1.165, 1.54) is 0 Å². The summed E-state index contributed by atoms with van der Waals surface area (Å²) in [4.78, 5) is 0. The van der Waals surface area contributed by atoms with Gasteiger partial charge in [0.05, 0.1) is 0 Å². The van der Waals surface area contributed by atoms with Crippen molar-refractivity contribution in [2.24, 2.45) is 11.1 Å². The predicted octanol–water partition coefficient (Wildman–Crippen LogP) is 1.86. The summed E-state index contributed by atoms with van der Waals surface area (Å²) in [6.45, 7) is 4.36. The topological polar surface area (TPSA) is 26.0 Å². The summed E-state index contributed by atoms with van der Waals surface area (Å²) in [5, 5.41) is 0. The third-order valence-electron chi connectivity index (χ3n) is 2.43.